The van der Waals surface area contributed by atoms with Crippen LogP contribution in [0.15, 0.2) is 29.2 Å². The van der Waals surface area contributed by atoms with E-state index in [2.05, 4.69) is 0 Å². The summed E-state index contributed by atoms with van der Waals surface area (Å²) in [6.07, 6.45) is 4.45. The fourth-order valence-corrected chi connectivity index (χ4v) is 5.21. The summed E-state index contributed by atoms with van der Waals surface area (Å²) in [6.45, 7) is -0.232. The zero-order valence-corrected chi connectivity index (χ0v) is 15.8. The minimum Gasteiger partial charge on any atom is -0.497 e. The van der Waals surface area contributed by atoms with Gasteiger partial charge in [0.2, 0.25) is 10.0 Å². The Morgan fingerprint density at radius 1 is 1.23 bits per heavy atom. The first-order valence-electron chi connectivity index (χ1n) is 8.91. The van der Waals surface area contributed by atoms with Gasteiger partial charge in [0.1, 0.15) is 11.8 Å². The molecule has 0 aliphatic heterocycles. The van der Waals surface area contributed by atoms with E-state index in [9.17, 15) is 18.3 Å². The number of aliphatic hydroxyl groups is 1. The van der Waals surface area contributed by atoms with Gasteiger partial charge in [-0.15, -0.1) is 0 Å². The number of methoxy groups -OCH3 is 1. The standard InChI is InChI=1S/C18H27NO6S/c1-25-15-8-10-16(11-9-15)26(23,24)19(12-5-13-20)17(18(21)22)14-6-3-2-4-7-14/h8-11,14,17,20H,2-7,12-13H2,1H3,(H,21,22). The molecular formula is C18H27NO6S. The molecule has 0 saturated heterocycles. The SMILES string of the molecule is COc1ccc(S(=O)(=O)N(CCCO)C(C(=O)O)C2CCCCC2)cc1. The monoisotopic (exact) mass is 385 g/mol. The lowest BCUT2D eigenvalue weighted by Crippen LogP contribution is -2.50. The summed E-state index contributed by atoms with van der Waals surface area (Å²) in [5, 5.41) is 19.0. The number of nitrogens with zero attached hydrogens (tertiary/aromatic N) is 1. The number of carbonyl (C=O) groups is 1. The van der Waals surface area contributed by atoms with Crippen LogP contribution in [0.4, 0.5) is 0 Å². The number of aliphatic hydroxyl groups excluding tert-OH is 1. The number of rotatable bonds is 9. The van der Waals surface area contributed by atoms with Crippen molar-refractivity contribution < 1.29 is 28.2 Å². The van der Waals surface area contributed by atoms with Gasteiger partial charge in [-0.05, 0) is 49.4 Å². The van der Waals surface area contributed by atoms with E-state index < -0.39 is 22.0 Å². The molecule has 26 heavy (non-hydrogen) atoms. The lowest BCUT2D eigenvalue weighted by molar-refractivity contribution is -0.144. The van der Waals surface area contributed by atoms with Crippen LogP contribution in [0.5, 0.6) is 5.75 Å². The van der Waals surface area contributed by atoms with E-state index in [-0.39, 0.29) is 30.4 Å². The largest absolute Gasteiger partial charge is 0.497 e. The van der Waals surface area contributed by atoms with Crippen LogP contribution in [0.25, 0.3) is 0 Å². The smallest absolute Gasteiger partial charge is 0.322 e. The van der Waals surface area contributed by atoms with Crippen LogP contribution in [0, 0.1) is 5.92 Å². The van der Waals surface area contributed by atoms with E-state index >= 15 is 0 Å². The second kappa shape index (κ2) is 9.34. The van der Waals surface area contributed by atoms with Gasteiger partial charge in [-0.2, -0.15) is 4.31 Å². The van der Waals surface area contributed by atoms with Gasteiger partial charge < -0.3 is 14.9 Å². The molecule has 0 aromatic heterocycles. The Hall–Kier alpha value is -1.64. The summed E-state index contributed by atoms with van der Waals surface area (Å²) in [4.78, 5) is 12.0. The molecule has 1 aromatic rings. The van der Waals surface area contributed by atoms with E-state index in [1.54, 1.807) is 0 Å². The van der Waals surface area contributed by atoms with Crippen LogP contribution in [0.1, 0.15) is 38.5 Å². The molecule has 2 N–H and O–H groups in total. The molecule has 146 valence electrons. The highest BCUT2D eigenvalue weighted by Gasteiger charge is 2.40. The van der Waals surface area contributed by atoms with Crippen molar-refractivity contribution in [1.29, 1.82) is 0 Å². The van der Waals surface area contributed by atoms with E-state index in [0.29, 0.717) is 18.6 Å². The van der Waals surface area contributed by atoms with Gasteiger partial charge in [0, 0.05) is 13.2 Å². The zero-order chi connectivity index (χ0) is 19.2. The first-order chi connectivity index (χ1) is 12.4. The topological polar surface area (TPSA) is 104 Å². The Morgan fingerprint density at radius 2 is 1.85 bits per heavy atom. The fourth-order valence-electron chi connectivity index (χ4n) is 3.53. The van der Waals surface area contributed by atoms with Crippen molar-refractivity contribution in [3.8, 4) is 5.75 Å². The minimum atomic E-state index is -4.01. The Labute approximate surface area is 154 Å². The molecule has 7 nitrogen and oxygen atoms in total. The van der Waals surface area contributed by atoms with Gasteiger partial charge in [-0.25, -0.2) is 8.42 Å². The van der Waals surface area contributed by atoms with E-state index in [1.165, 1.54) is 31.4 Å². The Kier molecular flexibility index (Phi) is 7.43. The van der Waals surface area contributed by atoms with Gasteiger partial charge in [-0.3, -0.25) is 4.79 Å². The summed E-state index contributed by atoms with van der Waals surface area (Å²) < 4.78 is 32.4. The maximum atomic E-state index is 13.2. The number of carboxylic acid groups (broad SMARTS) is 1. The third-order valence-electron chi connectivity index (χ3n) is 4.86. The van der Waals surface area contributed by atoms with Crippen molar-refractivity contribution in [3.05, 3.63) is 24.3 Å². The number of hydrogen-bond donors (Lipinski definition) is 2. The minimum absolute atomic E-state index is 0.0262. The fraction of sp³-hybridized carbons (Fsp3) is 0.611. The second-order valence-corrected chi connectivity index (χ2v) is 8.44. The van der Waals surface area contributed by atoms with Crippen LogP contribution >= 0.6 is 0 Å². The molecule has 0 spiro atoms. The molecule has 1 fully saturated rings. The quantitative estimate of drug-likeness (QED) is 0.675. The second-order valence-electron chi connectivity index (χ2n) is 6.55. The van der Waals surface area contributed by atoms with Crippen molar-refractivity contribution in [3.63, 3.8) is 0 Å². The van der Waals surface area contributed by atoms with Crippen LogP contribution in [-0.2, 0) is 14.8 Å². The van der Waals surface area contributed by atoms with Crippen molar-refractivity contribution >= 4 is 16.0 Å². The molecule has 8 heteroatoms. The molecule has 1 aromatic carbocycles. The maximum absolute atomic E-state index is 13.2. The maximum Gasteiger partial charge on any atom is 0.322 e. The summed E-state index contributed by atoms with van der Waals surface area (Å²) in [5.41, 5.74) is 0. The van der Waals surface area contributed by atoms with Crippen molar-refractivity contribution in [2.45, 2.75) is 49.5 Å². The molecule has 0 bridgehead atoms. The van der Waals surface area contributed by atoms with Crippen molar-refractivity contribution in [1.82, 2.24) is 4.31 Å². The Balaban J connectivity index is 2.39. The molecular weight excluding hydrogens is 358 g/mol. The number of aliphatic carboxylic acids is 1. The molecule has 1 unspecified atom stereocenters. The highest BCUT2D eigenvalue weighted by Crippen LogP contribution is 2.32. The molecule has 0 amide bonds. The number of ether oxygens (including phenoxy) is 1. The normalized spacial score (nSPS) is 17.2. The predicted molar refractivity (Wildman–Crippen MR) is 96.6 cm³/mol. The van der Waals surface area contributed by atoms with Gasteiger partial charge in [-0.1, -0.05) is 19.3 Å². The summed E-state index contributed by atoms with van der Waals surface area (Å²) in [7, 11) is -2.52. The first kappa shape index (κ1) is 20.7. The highest BCUT2D eigenvalue weighted by atomic mass is 32.2. The summed E-state index contributed by atoms with van der Waals surface area (Å²) in [5.74, 6) is -0.826. The average Bonchev–Trinajstić information content (AvgIpc) is 2.65. The lowest BCUT2D eigenvalue weighted by atomic mass is 9.84. The van der Waals surface area contributed by atoms with Crippen LogP contribution in [0.3, 0.4) is 0 Å². The Bertz CT molecular complexity index is 682. The Morgan fingerprint density at radius 3 is 2.35 bits per heavy atom. The molecule has 0 heterocycles. The summed E-state index contributed by atoms with van der Waals surface area (Å²) >= 11 is 0. The van der Waals surface area contributed by atoms with Crippen LogP contribution in [0.2, 0.25) is 0 Å². The lowest BCUT2D eigenvalue weighted by Gasteiger charge is -2.35. The molecule has 1 saturated carbocycles. The van der Waals surface area contributed by atoms with Gasteiger partial charge >= 0.3 is 5.97 Å². The van der Waals surface area contributed by atoms with Crippen LogP contribution in [-0.4, -0.2) is 55.2 Å². The van der Waals surface area contributed by atoms with Gasteiger partial charge in [0.15, 0.2) is 0 Å². The zero-order valence-electron chi connectivity index (χ0n) is 15.0. The van der Waals surface area contributed by atoms with E-state index in [1.807, 2.05) is 0 Å². The van der Waals surface area contributed by atoms with E-state index in [0.717, 1.165) is 23.6 Å². The van der Waals surface area contributed by atoms with E-state index in [4.69, 9.17) is 9.84 Å². The number of sulfonamides is 1. The molecule has 2 rings (SSSR count). The first-order valence-corrected chi connectivity index (χ1v) is 10.4. The highest BCUT2D eigenvalue weighted by molar-refractivity contribution is 7.89. The molecule has 1 aliphatic carbocycles. The molecule has 1 atom stereocenters. The number of hydrogen-bond acceptors (Lipinski definition) is 5. The third kappa shape index (κ3) is 4.75. The predicted octanol–water partition coefficient (Wildman–Crippen LogP) is 2.10. The molecule has 0 radical (unpaired) electrons. The van der Waals surface area contributed by atoms with Gasteiger partial charge in [0.25, 0.3) is 0 Å². The number of carboxylic acids is 1. The molecule has 1 aliphatic rings. The van der Waals surface area contributed by atoms with Gasteiger partial charge in [0.05, 0.1) is 12.0 Å². The third-order valence-corrected chi connectivity index (χ3v) is 6.76. The van der Waals surface area contributed by atoms with Crippen molar-refractivity contribution in [2.75, 3.05) is 20.3 Å². The average molecular weight is 385 g/mol. The summed E-state index contributed by atoms with van der Waals surface area (Å²) in [6, 6.07) is 4.79. The van der Waals surface area contributed by atoms with Crippen LogP contribution < -0.4 is 4.74 Å². The van der Waals surface area contributed by atoms with Crippen molar-refractivity contribution in [2.24, 2.45) is 5.92 Å². The number of benzene rings is 1.